The molecule has 0 aliphatic carbocycles. The minimum absolute atomic E-state index is 0.0954. The van der Waals surface area contributed by atoms with E-state index in [0.717, 1.165) is 12.0 Å². The van der Waals surface area contributed by atoms with Crippen LogP contribution in [0.1, 0.15) is 34.1 Å². The number of hydrogen-bond donors (Lipinski definition) is 0. The number of amides is 1. The highest BCUT2D eigenvalue weighted by atomic mass is 16.6. The maximum atomic E-state index is 12.9. The van der Waals surface area contributed by atoms with Crippen molar-refractivity contribution in [2.45, 2.75) is 45.9 Å². The maximum Gasteiger partial charge on any atom is 0.342 e. The van der Waals surface area contributed by atoms with Crippen molar-refractivity contribution in [3.8, 4) is 0 Å². The van der Waals surface area contributed by atoms with E-state index in [2.05, 4.69) is 0 Å². The van der Waals surface area contributed by atoms with Gasteiger partial charge in [0.25, 0.3) is 0 Å². The van der Waals surface area contributed by atoms with E-state index in [-0.39, 0.29) is 13.2 Å². The fourth-order valence-corrected chi connectivity index (χ4v) is 3.18. The molecule has 24 heavy (non-hydrogen) atoms. The molecule has 0 radical (unpaired) electrons. The molecule has 0 saturated carbocycles. The van der Waals surface area contributed by atoms with Gasteiger partial charge in [-0.1, -0.05) is 20.8 Å². The average molecular weight is 341 g/mol. The van der Waals surface area contributed by atoms with Crippen LogP contribution < -0.4 is 0 Å². The normalized spacial score (nSPS) is 30.1. The number of nitrogens with zero attached hydrogens (tertiary/aromatic N) is 1. The standard InChI is InChI=1S/C16H23NO7/c1-6-23-12(20)9-7-10(18)16(14(21)22-5)8-24-13(15(2,3)4)17(16)11(9)19/h9,13H,6-8H2,1-5H3/t9?,13-,16-/m1/s1. The minimum Gasteiger partial charge on any atom is -0.467 e. The van der Waals surface area contributed by atoms with E-state index in [0.29, 0.717) is 0 Å². The van der Waals surface area contributed by atoms with Gasteiger partial charge in [0.1, 0.15) is 12.1 Å². The van der Waals surface area contributed by atoms with E-state index in [9.17, 15) is 19.2 Å². The number of Topliss-reactive ketones (excluding diaryl/α,β-unsaturated/α-hetero) is 1. The zero-order chi connectivity index (χ0) is 18.3. The first-order valence-electron chi connectivity index (χ1n) is 7.84. The van der Waals surface area contributed by atoms with Crippen LogP contribution in [-0.4, -0.2) is 60.6 Å². The summed E-state index contributed by atoms with van der Waals surface area (Å²) >= 11 is 0. The first-order valence-corrected chi connectivity index (χ1v) is 7.84. The third-order valence-corrected chi connectivity index (χ3v) is 4.32. The Kier molecular flexibility index (Phi) is 4.72. The summed E-state index contributed by atoms with van der Waals surface area (Å²) in [5, 5.41) is 0. The lowest BCUT2D eigenvalue weighted by Gasteiger charge is -2.43. The second kappa shape index (κ2) is 6.16. The van der Waals surface area contributed by atoms with E-state index in [4.69, 9.17) is 14.2 Å². The number of ether oxygens (including phenoxy) is 3. The number of methoxy groups -OCH3 is 1. The molecule has 8 nitrogen and oxygen atoms in total. The molecule has 0 aromatic carbocycles. The van der Waals surface area contributed by atoms with E-state index >= 15 is 0 Å². The summed E-state index contributed by atoms with van der Waals surface area (Å²) in [5.74, 6) is -4.10. The Labute approximate surface area is 140 Å². The van der Waals surface area contributed by atoms with E-state index in [1.807, 2.05) is 20.8 Å². The van der Waals surface area contributed by atoms with Gasteiger partial charge in [0.05, 0.1) is 20.3 Å². The van der Waals surface area contributed by atoms with Gasteiger partial charge >= 0.3 is 11.9 Å². The molecule has 3 atom stereocenters. The number of esters is 2. The van der Waals surface area contributed by atoms with E-state index in [1.54, 1.807) is 6.92 Å². The van der Waals surface area contributed by atoms with Gasteiger partial charge in [0.2, 0.25) is 11.4 Å². The summed E-state index contributed by atoms with van der Waals surface area (Å²) < 4.78 is 15.3. The predicted octanol–water partition coefficient (Wildman–Crippen LogP) is 0.281. The molecule has 134 valence electrons. The van der Waals surface area contributed by atoms with E-state index < -0.39 is 53.1 Å². The fourth-order valence-electron chi connectivity index (χ4n) is 3.18. The van der Waals surface area contributed by atoms with Crippen LogP contribution in [-0.2, 0) is 33.4 Å². The van der Waals surface area contributed by atoms with E-state index in [1.165, 1.54) is 0 Å². The van der Waals surface area contributed by atoms with Crippen molar-refractivity contribution in [2.75, 3.05) is 20.3 Å². The van der Waals surface area contributed by atoms with Crippen LogP contribution in [0.2, 0.25) is 0 Å². The molecular weight excluding hydrogens is 318 g/mol. The summed E-state index contributed by atoms with van der Waals surface area (Å²) in [4.78, 5) is 51.2. The fraction of sp³-hybridized carbons (Fsp3) is 0.750. The number of hydrogen-bond acceptors (Lipinski definition) is 7. The summed E-state index contributed by atoms with van der Waals surface area (Å²) in [7, 11) is 1.15. The Morgan fingerprint density at radius 1 is 1.33 bits per heavy atom. The average Bonchev–Trinajstić information content (AvgIpc) is 2.92. The van der Waals surface area contributed by atoms with Crippen LogP contribution in [0.5, 0.6) is 0 Å². The molecule has 0 N–H and O–H groups in total. The SMILES string of the molecule is CCOC(=O)C1CC(=O)[C@@]2(C(=O)OC)CO[C@H](C(C)(C)C)N2C1=O. The largest absolute Gasteiger partial charge is 0.467 e. The molecule has 2 aliphatic heterocycles. The van der Waals surface area contributed by atoms with Gasteiger partial charge in [-0.2, -0.15) is 0 Å². The second-order valence-corrected chi connectivity index (χ2v) is 7.02. The number of rotatable bonds is 3. The zero-order valence-corrected chi connectivity index (χ0v) is 14.6. The molecule has 2 fully saturated rings. The smallest absolute Gasteiger partial charge is 0.342 e. The number of ketones is 1. The van der Waals surface area contributed by atoms with Crippen molar-refractivity contribution >= 4 is 23.6 Å². The summed E-state index contributed by atoms with van der Waals surface area (Å²) in [6.07, 6.45) is -1.23. The number of carbonyl (C=O) groups is 4. The Morgan fingerprint density at radius 3 is 2.46 bits per heavy atom. The summed E-state index contributed by atoms with van der Waals surface area (Å²) in [6, 6.07) is 0. The van der Waals surface area contributed by atoms with Crippen LogP contribution in [0.3, 0.4) is 0 Å². The van der Waals surface area contributed by atoms with Crippen LogP contribution in [0.25, 0.3) is 0 Å². The molecule has 1 amide bonds. The monoisotopic (exact) mass is 341 g/mol. The molecule has 0 aromatic heterocycles. The highest BCUT2D eigenvalue weighted by molar-refractivity contribution is 6.18. The van der Waals surface area contributed by atoms with Crippen molar-refractivity contribution < 1.29 is 33.4 Å². The Balaban J connectivity index is 2.51. The molecule has 2 saturated heterocycles. The summed E-state index contributed by atoms with van der Waals surface area (Å²) in [6.45, 7) is 6.88. The van der Waals surface area contributed by atoms with Gasteiger partial charge in [0.15, 0.2) is 5.78 Å². The molecular formula is C16H23NO7. The van der Waals surface area contributed by atoms with Gasteiger partial charge in [-0.3, -0.25) is 19.3 Å². The van der Waals surface area contributed by atoms with Gasteiger partial charge in [-0.25, -0.2) is 4.79 Å². The molecule has 0 aromatic rings. The zero-order valence-electron chi connectivity index (χ0n) is 14.6. The molecule has 0 bridgehead atoms. The first kappa shape index (κ1) is 18.4. The molecule has 0 spiro atoms. The maximum absolute atomic E-state index is 12.9. The Hall–Kier alpha value is -1.96. The van der Waals surface area contributed by atoms with Crippen LogP contribution in [0.4, 0.5) is 0 Å². The number of piperidine rings is 1. The lowest BCUT2D eigenvalue weighted by Crippen LogP contribution is -2.69. The van der Waals surface area contributed by atoms with Crippen molar-refractivity contribution in [1.82, 2.24) is 4.90 Å². The first-order chi connectivity index (χ1) is 11.1. The minimum atomic E-state index is -1.83. The van der Waals surface area contributed by atoms with Gasteiger partial charge < -0.3 is 14.2 Å². The van der Waals surface area contributed by atoms with Crippen LogP contribution >= 0.6 is 0 Å². The Morgan fingerprint density at radius 2 is 1.96 bits per heavy atom. The van der Waals surface area contributed by atoms with Gasteiger partial charge in [-0.15, -0.1) is 0 Å². The van der Waals surface area contributed by atoms with Crippen LogP contribution in [0.15, 0.2) is 0 Å². The molecule has 2 heterocycles. The summed E-state index contributed by atoms with van der Waals surface area (Å²) in [5.41, 5.74) is -2.39. The second-order valence-electron chi connectivity index (χ2n) is 7.02. The molecule has 2 rings (SSSR count). The van der Waals surface area contributed by atoms with Crippen molar-refractivity contribution in [3.05, 3.63) is 0 Å². The van der Waals surface area contributed by atoms with Crippen molar-refractivity contribution in [1.29, 1.82) is 0 Å². The highest BCUT2D eigenvalue weighted by Gasteiger charge is 2.67. The highest BCUT2D eigenvalue weighted by Crippen LogP contribution is 2.43. The number of carbonyl (C=O) groups excluding carboxylic acids is 4. The molecule has 8 heteroatoms. The lowest BCUT2D eigenvalue weighted by atomic mass is 9.79. The lowest BCUT2D eigenvalue weighted by molar-refractivity contribution is -0.180. The number of fused-ring (bicyclic) bond motifs is 1. The molecule has 2 aliphatic rings. The molecule has 1 unspecified atom stereocenters. The van der Waals surface area contributed by atoms with Gasteiger partial charge in [-0.05, 0) is 6.92 Å². The van der Waals surface area contributed by atoms with Gasteiger partial charge in [0, 0.05) is 11.8 Å². The topological polar surface area (TPSA) is 99.2 Å². The Bertz CT molecular complexity index is 579. The quantitative estimate of drug-likeness (QED) is 0.537. The predicted molar refractivity (Wildman–Crippen MR) is 80.5 cm³/mol. The van der Waals surface area contributed by atoms with Crippen molar-refractivity contribution in [2.24, 2.45) is 11.3 Å². The third-order valence-electron chi connectivity index (χ3n) is 4.32. The van der Waals surface area contributed by atoms with Crippen molar-refractivity contribution in [3.63, 3.8) is 0 Å². The third kappa shape index (κ3) is 2.58. The van der Waals surface area contributed by atoms with Crippen LogP contribution in [0, 0.1) is 11.3 Å².